The van der Waals surface area contributed by atoms with Gasteiger partial charge in [0.2, 0.25) is 11.8 Å². The van der Waals surface area contributed by atoms with Gasteiger partial charge in [-0.15, -0.1) is 11.3 Å². The molecule has 0 radical (unpaired) electrons. The van der Waals surface area contributed by atoms with Crippen molar-refractivity contribution in [1.29, 1.82) is 5.41 Å². The normalized spacial score (nSPS) is 17.4. The van der Waals surface area contributed by atoms with Gasteiger partial charge in [-0.05, 0) is 67.1 Å². The minimum absolute atomic E-state index is 0.0374. The number of azide groups is 1. The molecule has 258 valence electrons. The van der Waals surface area contributed by atoms with Crippen molar-refractivity contribution < 1.29 is 42.5 Å². The van der Waals surface area contributed by atoms with E-state index in [4.69, 9.17) is 25.5 Å². The fourth-order valence-electron chi connectivity index (χ4n) is 4.89. The molecule has 0 spiro atoms. The summed E-state index contributed by atoms with van der Waals surface area (Å²) < 4.78 is 40.1. The molecule has 4 amide bonds. The van der Waals surface area contributed by atoms with E-state index in [1.807, 2.05) is 5.32 Å². The molecular weight excluding hydrogens is 666 g/mol. The summed E-state index contributed by atoms with van der Waals surface area (Å²) >= 11 is 1.17. The topological polar surface area (TPSA) is 219 Å². The van der Waals surface area contributed by atoms with Gasteiger partial charge in [0.25, 0.3) is 5.91 Å². The maximum Gasteiger partial charge on any atom is 0.410 e. The third kappa shape index (κ3) is 10.2. The van der Waals surface area contributed by atoms with E-state index in [1.54, 1.807) is 6.92 Å². The Morgan fingerprint density at radius 2 is 1.84 bits per heavy atom. The van der Waals surface area contributed by atoms with Gasteiger partial charge in [0.15, 0.2) is 5.67 Å². The van der Waals surface area contributed by atoms with Crippen molar-refractivity contribution in [3.8, 4) is 11.5 Å². The predicted molar refractivity (Wildman–Crippen MR) is 173 cm³/mol. The average molecular weight is 699 g/mol. The van der Waals surface area contributed by atoms with E-state index in [2.05, 4.69) is 20.7 Å². The van der Waals surface area contributed by atoms with Crippen LogP contribution in [0.1, 0.15) is 40.2 Å². The number of likely N-dealkylation sites (tertiary alicyclic amines) is 1. The Hall–Kier alpha value is -5.58. The van der Waals surface area contributed by atoms with Crippen LogP contribution in [0.15, 0.2) is 65.1 Å². The standard InChI is InChI=1S/C31H32F2N8O7S/c1-18(25-12-20(15-49-25)27(34)39-30(45)46)38-29(44)24-13-31(33,17-47-11-10-37-40-35)16-41(24)26(42)14-36-28(43)19-2-6-22(7-3-19)48-23-8-4-21(32)5-9-23/h2-9,12,15,18,24H,10-11,13-14,16-17H2,1H3,(H2,34,39)(H,36,43)(H,38,44)(H,45,46)/t18?,24-,31+/m0/s1. The number of nitrogens with one attached hydrogen (secondary N) is 4. The molecule has 18 heteroatoms. The lowest BCUT2D eigenvalue weighted by Gasteiger charge is -2.25. The predicted octanol–water partition coefficient (Wildman–Crippen LogP) is 4.52. The molecule has 15 nitrogen and oxygen atoms in total. The second-order valence-electron chi connectivity index (χ2n) is 10.9. The number of carboxylic acid groups (broad SMARTS) is 1. The maximum atomic E-state index is 16.0. The Morgan fingerprint density at radius 3 is 2.49 bits per heavy atom. The van der Waals surface area contributed by atoms with Crippen molar-refractivity contribution in [3.63, 3.8) is 0 Å². The summed E-state index contributed by atoms with van der Waals surface area (Å²) in [5.74, 6) is -2.00. The molecule has 2 heterocycles. The first kappa shape index (κ1) is 36.3. The lowest BCUT2D eigenvalue weighted by atomic mass is 10.0. The fraction of sp³-hybridized carbons (Fsp3) is 0.323. The lowest BCUT2D eigenvalue weighted by Crippen LogP contribution is -2.49. The van der Waals surface area contributed by atoms with Gasteiger partial charge in [-0.25, -0.2) is 13.6 Å². The number of halogens is 2. The van der Waals surface area contributed by atoms with Crippen LogP contribution in [0.2, 0.25) is 0 Å². The monoisotopic (exact) mass is 698 g/mol. The van der Waals surface area contributed by atoms with E-state index in [-0.39, 0.29) is 30.1 Å². The SMILES string of the molecule is CC(NC(=O)[C@@H]1C[C@](F)(COCCN=[N+]=[N-])CN1C(=O)CNC(=O)c1ccc(Oc2ccc(F)cc2)cc1)c1cc(C(=N)NC(=O)O)cs1. The number of rotatable bonds is 14. The van der Waals surface area contributed by atoms with Gasteiger partial charge in [-0.2, -0.15) is 0 Å². The number of hydrogen-bond donors (Lipinski definition) is 5. The minimum Gasteiger partial charge on any atom is -0.465 e. The Morgan fingerprint density at radius 1 is 1.16 bits per heavy atom. The van der Waals surface area contributed by atoms with E-state index >= 15 is 4.39 Å². The quantitative estimate of drug-likeness (QED) is 0.0404. The van der Waals surface area contributed by atoms with Gasteiger partial charge in [0, 0.05) is 39.3 Å². The van der Waals surface area contributed by atoms with Crippen molar-refractivity contribution in [2.75, 3.05) is 32.8 Å². The van der Waals surface area contributed by atoms with E-state index in [1.165, 1.54) is 71.3 Å². The van der Waals surface area contributed by atoms with Gasteiger partial charge in [0.05, 0.1) is 32.3 Å². The zero-order valence-electron chi connectivity index (χ0n) is 26.0. The van der Waals surface area contributed by atoms with Crippen molar-refractivity contribution in [2.24, 2.45) is 5.11 Å². The first-order chi connectivity index (χ1) is 23.4. The minimum atomic E-state index is -2.13. The van der Waals surface area contributed by atoms with Gasteiger partial charge < -0.3 is 30.1 Å². The van der Waals surface area contributed by atoms with Crippen molar-refractivity contribution >= 4 is 41.0 Å². The fourth-order valence-corrected chi connectivity index (χ4v) is 5.79. The zero-order chi connectivity index (χ0) is 35.6. The smallest absolute Gasteiger partial charge is 0.410 e. The maximum absolute atomic E-state index is 16.0. The summed E-state index contributed by atoms with van der Waals surface area (Å²) in [4.78, 5) is 54.7. The highest BCUT2D eigenvalue weighted by Crippen LogP contribution is 2.32. The third-order valence-corrected chi connectivity index (χ3v) is 8.38. The van der Waals surface area contributed by atoms with Crippen LogP contribution in [-0.4, -0.2) is 84.2 Å². The Bertz CT molecular complexity index is 1730. The van der Waals surface area contributed by atoms with Gasteiger partial charge in [0.1, 0.15) is 29.2 Å². The second-order valence-corrected chi connectivity index (χ2v) is 11.9. The molecule has 5 N–H and O–H groups in total. The number of thiophene rings is 1. The van der Waals surface area contributed by atoms with Crippen molar-refractivity contribution in [3.05, 3.63) is 92.2 Å². The molecule has 1 fully saturated rings. The Balaban J connectivity index is 1.40. The summed E-state index contributed by atoms with van der Waals surface area (Å²) in [6.07, 6.45) is -1.81. The molecular formula is C31H32F2N8O7S. The van der Waals surface area contributed by atoms with Crippen LogP contribution in [0.25, 0.3) is 10.4 Å². The van der Waals surface area contributed by atoms with Crippen molar-refractivity contribution in [2.45, 2.75) is 31.1 Å². The summed E-state index contributed by atoms with van der Waals surface area (Å²) in [5, 5.41) is 28.7. The second kappa shape index (κ2) is 16.5. The van der Waals surface area contributed by atoms with E-state index in [0.717, 1.165) is 4.90 Å². The number of carbonyl (C=O) groups is 4. The zero-order valence-corrected chi connectivity index (χ0v) is 26.8. The third-order valence-electron chi connectivity index (χ3n) is 7.26. The number of hydrogen-bond acceptors (Lipinski definition) is 9. The Labute approximate surface area is 282 Å². The highest BCUT2D eigenvalue weighted by atomic mass is 32.1. The highest BCUT2D eigenvalue weighted by molar-refractivity contribution is 7.10. The number of benzene rings is 2. The molecule has 1 saturated heterocycles. The summed E-state index contributed by atoms with van der Waals surface area (Å²) in [7, 11) is 0. The molecule has 3 atom stereocenters. The molecule has 1 aliphatic rings. The van der Waals surface area contributed by atoms with Crippen LogP contribution in [0, 0.1) is 11.2 Å². The number of amides is 4. The molecule has 0 aliphatic carbocycles. The lowest BCUT2D eigenvalue weighted by molar-refractivity contribution is -0.138. The van der Waals surface area contributed by atoms with Crippen LogP contribution in [0.3, 0.4) is 0 Å². The molecule has 4 rings (SSSR count). The Kier molecular flexibility index (Phi) is 12.2. The van der Waals surface area contributed by atoms with Crippen LogP contribution in [0.4, 0.5) is 13.6 Å². The number of ether oxygens (including phenoxy) is 2. The summed E-state index contributed by atoms with van der Waals surface area (Å²) in [6.45, 7) is -0.0134. The van der Waals surface area contributed by atoms with Crippen LogP contribution in [-0.2, 0) is 14.3 Å². The molecule has 2 aromatic carbocycles. The summed E-state index contributed by atoms with van der Waals surface area (Å²) in [5.41, 5.74) is 6.78. The molecule has 1 unspecified atom stereocenters. The van der Waals surface area contributed by atoms with E-state index in [0.29, 0.717) is 16.4 Å². The number of alkyl halides is 1. The van der Waals surface area contributed by atoms with Gasteiger partial charge in [-0.1, -0.05) is 5.11 Å². The van der Waals surface area contributed by atoms with Gasteiger partial charge in [-0.3, -0.25) is 25.1 Å². The number of nitrogens with zero attached hydrogens (tertiary/aromatic N) is 4. The number of carbonyl (C=O) groups excluding carboxylic acids is 3. The first-order valence-electron chi connectivity index (χ1n) is 14.7. The largest absolute Gasteiger partial charge is 0.465 e. The molecule has 1 aliphatic heterocycles. The molecule has 0 saturated carbocycles. The van der Waals surface area contributed by atoms with Crippen molar-refractivity contribution in [1.82, 2.24) is 20.9 Å². The van der Waals surface area contributed by atoms with E-state index in [9.17, 15) is 23.6 Å². The van der Waals surface area contributed by atoms with Crippen LogP contribution >= 0.6 is 11.3 Å². The highest BCUT2D eigenvalue weighted by Gasteiger charge is 2.49. The molecule has 0 bridgehead atoms. The summed E-state index contributed by atoms with van der Waals surface area (Å²) in [6, 6.07) is 10.9. The van der Waals surface area contributed by atoms with E-state index < -0.39 is 73.5 Å². The molecule has 49 heavy (non-hydrogen) atoms. The van der Waals surface area contributed by atoms with Crippen LogP contribution in [0.5, 0.6) is 11.5 Å². The average Bonchev–Trinajstić information content (AvgIpc) is 3.71. The first-order valence-corrected chi connectivity index (χ1v) is 15.6. The molecule has 1 aromatic heterocycles. The van der Waals surface area contributed by atoms with Gasteiger partial charge >= 0.3 is 6.09 Å². The number of amidine groups is 1. The van der Waals surface area contributed by atoms with Crippen LogP contribution < -0.4 is 20.7 Å². The molecule has 3 aromatic rings.